The minimum atomic E-state index is -0.519. The Bertz CT molecular complexity index is 1220. The first-order valence-corrected chi connectivity index (χ1v) is 10.8. The van der Waals surface area contributed by atoms with Crippen molar-refractivity contribution in [1.29, 1.82) is 0 Å². The van der Waals surface area contributed by atoms with Crippen LogP contribution in [0.3, 0.4) is 0 Å². The zero-order chi connectivity index (χ0) is 23.4. The summed E-state index contributed by atoms with van der Waals surface area (Å²) < 4.78 is 0. The summed E-state index contributed by atoms with van der Waals surface area (Å²) in [5.74, 6) is -1.24. The van der Waals surface area contributed by atoms with Crippen LogP contribution in [0.15, 0.2) is 89.6 Å². The number of halogens is 1. The number of anilines is 2. The maximum atomic E-state index is 12.8. The molecule has 0 fully saturated rings. The fourth-order valence-electron chi connectivity index (χ4n) is 3.43. The van der Waals surface area contributed by atoms with E-state index in [4.69, 9.17) is 11.6 Å². The number of carbonyl (C=O) groups is 3. The molecule has 0 saturated carbocycles. The highest BCUT2D eigenvalue weighted by Crippen LogP contribution is 2.26. The van der Waals surface area contributed by atoms with Crippen molar-refractivity contribution < 1.29 is 14.4 Å². The summed E-state index contributed by atoms with van der Waals surface area (Å²) in [6.45, 7) is 2.21. The van der Waals surface area contributed by atoms with E-state index >= 15 is 0 Å². The fraction of sp³-hybridized carbons (Fsp3) is 0.115. The number of benzene rings is 3. The fourth-order valence-corrected chi connectivity index (χ4v) is 3.66. The average molecular weight is 460 g/mol. The van der Waals surface area contributed by atoms with Crippen LogP contribution in [0.25, 0.3) is 0 Å². The maximum absolute atomic E-state index is 12.8. The van der Waals surface area contributed by atoms with Gasteiger partial charge < -0.3 is 10.6 Å². The lowest BCUT2D eigenvalue weighted by molar-refractivity contribution is -0.137. The number of carbonyl (C=O) groups excluding carboxylic acids is 3. The Balaban J connectivity index is 1.39. The molecule has 0 spiro atoms. The first kappa shape index (κ1) is 22.3. The highest BCUT2D eigenvalue weighted by molar-refractivity contribution is 6.48. The van der Waals surface area contributed by atoms with E-state index in [1.54, 1.807) is 24.3 Å². The molecule has 1 aliphatic heterocycles. The molecule has 3 aromatic carbocycles. The monoisotopic (exact) mass is 459 g/mol. The molecule has 1 heterocycles. The molecular formula is C26H22ClN3O3. The van der Waals surface area contributed by atoms with Crippen LogP contribution in [0.2, 0.25) is 0 Å². The van der Waals surface area contributed by atoms with Gasteiger partial charge in [-0.05, 0) is 55.3 Å². The highest BCUT2D eigenvalue weighted by Gasteiger charge is 2.37. The molecular weight excluding hydrogens is 438 g/mol. The second-order valence-electron chi connectivity index (χ2n) is 7.71. The number of imide groups is 1. The molecule has 0 bridgehead atoms. The Morgan fingerprint density at radius 1 is 0.848 bits per heavy atom. The molecule has 166 valence electrons. The predicted molar refractivity (Wildman–Crippen MR) is 129 cm³/mol. The number of hydrogen-bond acceptors (Lipinski definition) is 4. The molecule has 0 radical (unpaired) electrons. The van der Waals surface area contributed by atoms with E-state index in [-0.39, 0.29) is 23.2 Å². The smallest absolute Gasteiger partial charge is 0.278 e. The lowest BCUT2D eigenvalue weighted by atomic mass is 10.1. The third-order valence-corrected chi connectivity index (χ3v) is 5.65. The highest BCUT2D eigenvalue weighted by atomic mass is 35.5. The number of hydrogen-bond donors (Lipinski definition) is 2. The summed E-state index contributed by atoms with van der Waals surface area (Å²) in [6.07, 6.45) is 0.542. The van der Waals surface area contributed by atoms with E-state index in [1.807, 2.05) is 61.5 Å². The molecule has 7 heteroatoms. The van der Waals surface area contributed by atoms with Gasteiger partial charge in [-0.1, -0.05) is 59.6 Å². The van der Waals surface area contributed by atoms with Crippen molar-refractivity contribution in [3.8, 4) is 0 Å². The molecule has 3 amide bonds. The number of amides is 3. The molecule has 33 heavy (non-hydrogen) atoms. The topological polar surface area (TPSA) is 78.5 Å². The molecule has 1 aliphatic rings. The summed E-state index contributed by atoms with van der Waals surface area (Å²) in [6, 6.07) is 23.7. The quantitative estimate of drug-likeness (QED) is 0.501. The number of rotatable bonds is 7. The minimum Gasteiger partial charge on any atom is -0.350 e. The Hall–Kier alpha value is -3.90. The van der Waals surface area contributed by atoms with Crippen LogP contribution in [0.1, 0.15) is 21.5 Å². The van der Waals surface area contributed by atoms with Crippen molar-refractivity contribution in [2.75, 3.05) is 17.2 Å². The van der Waals surface area contributed by atoms with Crippen molar-refractivity contribution in [1.82, 2.24) is 4.90 Å². The molecule has 2 N–H and O–H groups in total. The van der Waals surface area contributed by atoms with Crippen molar-refractivity contribution in [2.24, 2.45) is 0 Å². The van der Waals surface area contributed by atoms with E-state index in [2.05, 4.69) is 10.6 Å². The van der Waals surface area contributed by atoms with Crippen LogP contribution in [-0.2, 0) is 16.0 Å². The summed E-state index contributed by atoms with van der Waals surface area (Å²) in [5, 5.41) is 5.62. The van der Waals surface area contributed by atoms with Crippen LogP contribution in [0, 0.1) is 6.92 Å². The van der Waals surface area contributed by atoms with E-state index in [0.29, 0.717) is 23.4 Å². The number of aryl methyl sites for hydroxylation is 1. The summed E-state index contributed by atoms with van der Waals surface area (Å²) in [4.78, 5) is 38.9. The average Bonchev–Trinajstić information content (AvgIpc) is 3.03. The molecule has 0 aliphatic carbocycles. The Kier molecular flexibility index (Phi) is 6.56. The van der Waals surface area contributed by atoms with Gasteiger partial charge in [0.2, 0.25) is 0 Å². The molecule has 6 nitrogen and oxygen atoms in total. The Labute approximate surface area is 196 Å². The minimum absolute atomic E-state index is 0.0339. The molecule has 0 unspecified atom stereocenters. The summed E-state index contributed by atoms with van der Waals surface area (Å²) in [5.41, 5.74) is 3.87. The van der Waals surface area contributed by atoms with Gasteiger partial charge in [-0.15, -0.1) is 0 Å². The zero-order valence-electron chi connectivity index (χ0n) is 18.0. The van der Waals surface area contributed by atoms with Gasteiger partial charge >= 0.3 is 0 Å². The lowest BCUT2D eigenvalue weighted by Crippen LogP contribution is -2.34. The molecule has 0 atom stereocenters. The first-order chi connectivity index (χ1) is 15.9. The van der Waals surface area contributed by atoms with Crippen LogP contribution in [0.4, 0.5) is 11.4 Å². The molecule has 4 rings (SSSR count). The van der Waals surface area contributed by atoms with Gasteiger partial charge in [0.05, 0.1) is 0 Å². The van der Waals surface area contributed by atoms with E-state index in [1.165, 1.54) is 0 Å². The lowest BCUT2D eigenvalue weighted by Gasteiger charge is -2.15. The molecule has 3 aromatic rings. The summed E-state index contributed by atoms with van der Waals surface area (Å²) >= 11 is 6.17. The third-order valence-electron chi connectivity index (χ3n) is 5.30. The third kappa shape index (κ3) is 5.13. The van der Waals surface area contributed by atoms with Gasteiger partial charge in [0.15, 0.2) is 0 Å². The maximum Gasteiger partial charge on any atom is 0.278 e. The number of nitrogens with one attached hydrogen (secondary N) is 2. The van der Waals surface area contributed by atoms with Crippen molar-refractivity contribution in [3.05, 3.63) is 106 Å². The normalized spacial score (nSPS) is 13.5. The summed E-state index contributed by atoms with van der Waals surface area (Å²) in [7, 11) is 0. The van der Waals surface area contributed by atoms with Gasteiger partial charge in [-0.25, -0.2) is 0 Å². The van der Waals surface area contributed by atoms with Crippen LogP contribution in [-0.4, -0.2) is 29.2 Å². The SMILES string of the molecule is Cc1ccc(NC(=O)c2ccc(NC3=C(Cl)C(=O)N(CCc4ccccc4)C3=O)cc2)cc1. The van der Waals surface area contributed by atoms with Gasteiger partial charge in [0.25, 0.3) is 17.7 Å². The van der Waals surface area contributed by atoms with Crippen LogP contribution >= 0.6 is 11.6 Å². The van der Waals surface area contributed by atoms with E-state index in [9.17, 15) is 14.4 Å². The van der Waals surface area contributed by atoms with Crippen LogP contribution < -0.4 is 10.6 Å². The predicted octanol–water partition coefficient (Wildman–Crippen LogP) is 4.72. The second-order valence-corrected chi connectivity index (χ2v) is 8.09. The van der Waals surface area contributed by atoms with Gasteiger partial charge in [-0.2, -0.15) is 0 Å². The van der Waals surface area contributed by atoms with Crippen molar-refractivity contribution in [2.45, 2.75) is 13.3 Å². The second kappa shape index (κ2) is 9.71. The van der Waals surface area contributed by atoms with Gasteiger partial charge in [-0.3, -0.25) is 19.3 Å². The first-order valence-electron chi connectivity index (χ1n) is 10.5. The van der Waals surface area contributed by atoms with Crippen LogP contribution in [0.5, 0.6) is 0 Å². The Morgan fingerprint density at radius 2 is 1.48 bits per heavy atom. The van der Waals surface area contributed by atoms with Gasteiger partial charge in [0, 0.05) is 23.5 Å². The van der Waals surface area contributed by atoms with Crippen molar-refractivity contribution in [3.63, 3.8) is 0 Å². The zero-order valence-corrected chi connectivity index (χ0v) is 18.7. The van der Waals surface area contributed by atoms with E-state index < -0.39 is 11.8 Å². The largest absolute Gasteiger partial charge is 0.350 e. The van der Waals surface area contributed by atoms with E-state index in [0.717, 1.165) is 16.0 Å². The molecule has 0 saturated heterocycles. The van der Waals surface area contributed by atoms with Crippen molar-refractivity contribution >= 4 is 40.7 Å². The Morgan fingerprint density at radius 3 is 2.15 bits per heavy atom. The standard InChI is InChI=1S/C26H22ClN3O3/c1-17-7-11-21(12-8-17)29-24(31)19-9-13-20(14-10-19)28-23-22(27)25(32)30(26(23)33)16-15-18-5-3-2-4-6-18/h2-14,28H,15-16H2,1H3,(H,29,31). The number of nitrogens with zero attached hydrogens (tertiary/aromatic N) is 1. The molecule has 0 aromatic heterocycles. The van der Waals surface area contributed by atoms with Gasteiger partial charge in [0.1, 0.15) is 10.7 Å².